The fourth-order valence-electron chi connectivity index (χ4n) is 2.59. The van der Waals surface area contributed by atoms with Crippen molar-refractivity contribution in [3.8, 4) is 0 Å². The molecule has 0 aliphatic heterocycles. The van der Waals surface area contributed by atoms with Crippen LogP contribution in [0.4, 0.5) is 0 Å². The first-order valence-corrected chi connectivity index (χ1v) is 9.04. The lowest BCUT2D eigenvalue weighted by atomic mass is 10.1. The molecular formula is C18H39N. The minimum absolute atomic E-state index is 0.723. The second-order valence-corrected chi connectivity index (χ2v) is 6.18. The van der Waals surface area contributed by atoms with Crippen LogP contribution in [0.15, 0.2) is 0 Å². The second-order valence-electron chi connectivity index (χ2n) is 6.18. The Morgan fingerprint density at radius 1 is 0.632 bits per heavy atom. The molecule has 116 valence electrons. The minimum Gasteiger partial charge on any atom is -0.314 e. The third-order valence-corrected chi connectivity index (χ3v) is 4.01. The standard InChI is InChI=1S/C18H39N/c1-4-6-8-9-10-11-12-13-15-17-19-18(3)16-14-7-5-2/h18-19H,4-17H2,1-3H3. The first kappa shape index (κ1) is 19.0. The third-order valence-electron chi connectivity index (χ3n) is 4.01. The molecule has 0 spiro atoms. The quantitative estimate of drug-likeness (QED) is 0.355. The molecule has 19 heavy (non-hydrogen) atoms. The van der Waals surface area contributed by atoms with Gasteiger partial charge in [-0.2, -0.15) is 0 Å². The molecule has 0 aromatic heterocycles. The van der Waals surface area contributed by atoms with Gasteiger partial charge in [0.15, 0.2) is 0 Å². The highest BCUT2D eigenvalue weighted by Crippen LogP contribution is 2.09. The van der Waals surface area contributed by atoms with Crippen molar-refractivity contribution in [1.82, 2.24) is 5.32 Å². The Morgan fingerprint density at radius 2 is 1.11 bits per heavy atom. The zero-order valence-electron chi connectivity index (χ0n) is 14.0. The van der Waals surface area contributed by atoms with E-state index in [0.717, 1.165) is 6.04 Å². The van der Waals surface area contributed by atoms with E-state index in [-0.39, 0.29) is 0 Å². The van der Waals surface area contributed by atoms with Gasteiger partial charge in [-0.25, -0.2) is 0 Å². The van der Waals surface area contributed by atoms with E-state index in [4.69, 9.17) is 0 Å². The summed E-state index contributed by atoms with van der Waals surface area (Å²) in [6.45, 7) is 8.13. The van der Waals surface area contributed by atoms with Crippen LogP contribution in [0.5, 0.6) is 0 Å². The van der Waals surface area contributed by atoms with Crippen LogP contribution >= 0.6 is 0 Å². The Morgan fingerprint density at radius 3 is 1.68 bits per heavy atom. The van der Waals surface area contributed by atoms with Crippen LogP contribution in [0.3, 0.4) is 0 Å². The molecule has 0 saturated heterocycles. The van der Waals surface area contributed by atoms with Gasteiger partial charge in [0.25, 0.3) is 0 Å². The van der Waals surface area contributed by atoms with Gasteiger partial charge >= 0.3 is 0 Å². The Kier molecular flexibility index (Phi) is 16.0. The van der Waals surface area contributed by atoms with Gasteiger partial charge in [-0.15, -0.1) is 0 Å². The van der Waals surface area contributed by atoms with Crippen LogP contribution in [-0.2, 0) is 0 Å². The highest BCUT2D eigenvalue weighted by atomic mass is 14.9. The van der Waals surface area contributed by atoms with Gasteiger partial charge < -0.3 is 5.32 Å². The van der Waals surface area contributed by atoms with E-state index >= 15 is 0 Å². The van der Waals surface area contributed by atoms with Crippen molar-refractivity contribution in [3.05, 3.63) is 0 Å². The highest BCUT2D eigenvalue weighted by Gasteiger charge is 1.99. The Bertz CT molecular complexity index is 156. The summed E-state index contributed by atoms with van der Waals surface area (Å²) >= 11 is 0. The molecule has 0 aromatic carbocycles. The predicted molar refractivity (Wildman–Crippen MR) is 88.8 cm³/mol. The van der Waals surface area contributed by atoms with E-state index in [9.17, 15) is 0 Å². The van der Waals surface area contributed by atoms with Crippen LogP contribution in [0, 0.1) is 0 Å². The van der Waals surface area contributed by atoms with Gasteiger partial charge in [0.2, 0.25) is 0 Å². The van der Waals surface area contributed by atoms with Crippen LogP contribution in [-0.4, -0.2) is 12.6 Å². The maximum absolute atomic E-state index is 3.66. The van der Waals surface area contributed by atoms with Gasteiger partial charge in [-0.05, 0) is 26.3 Å². The molecule has 0 aliphatic rings. The molecule has 1 atom stereocenters. The zero-order valence-corrected chi connectivity index (χ0v) is 14.0. The molecular weight excluding hydrogens is 230 g/mol. The largest absolute Gasteiger partial charge is 0.314 e. The molecule has 1 unspecified atom stereocenters. The molecule has 0 fully saturated rings. The first-order valence-electron chi connectivity index (χ1n) is 9.04. The van der Waals surface area contributed by atoms with Gasteiger partial charge in [-0.3, -0.25) is 0 Å². The van der Waals surface area contributed by atoms with E-state index in [0.29, 0.717) is 0 Å². The lowest BCUT2D eigenvalue weighted by Gasteiger charge is -2.13. The summed E-state index contributed by atoms with van der Waals surface area (Å²) in [5.74, 6) is 0. The summed E-state index contributed by atoms with van der Waals surface area (Å²) in [4.78, 5) is 0. The lowest BCUT2D eigenvalue weighted by Crippen LogP contribution is -2.26. The van der Waals surface area contributed by atoms with Crippen molar-refractivity contribution in [2.24, 2.45) is 0 Å². The second kappa shape index (κ2) is 16.0. The fraction of sp³-hybridized carbons (Fsp3) is 1.00. The van der Waals surface area contributed by atoms with Crippen LogP contribution in [0.25, 0.3) is 0 Å². The predicted octanol–water partition coefficient (Wildman–Crippen LogP) is 6.08. The van der Waals surface area contributed by atoms with Gasteiger partial charge in [0.05, 0.1) is 0 Å². The summed E-state index contributed by atoms with van der Waals surface area (Å²) in [6, 6.07) is 0.723. The van der Waals surface area contributed by atoms with Crippen molar-refractivity contribution in [3.63, 3.8) is 0 Å². The number of unbranched alkanes of at least 4 members (excludes halogenated alkanes) is 10. The number of hydrogen-bond acceptors (Lipinski definition) is 1. The van der Waals surface area contributed by atoms with Crippen molar-refractivity contribution >= 4 is 0 Å². The minimum atomic E-state index is 0.723. The van der Waals surface area contributed by atoms with E-state index < -0.39 is 0 Å². The molecule has 0 heterocycles. The average molecular weight is 270 g/mol. The van der Waals surface area contributed by atoms with Crippen LogP contribution in [0.1, 0.15) is 104 Å². The first-order chi connectivity index (χ1) is 9.31. The molecule has 1 heteroatoms. The van der Waals surface area contributed by atoms with E-state index in [2.05, 4.69) is 26.1 Å². The Hall–Kier alpha value is -0.0400. The molecule has 0 aromatic rings. The molecule has 0 aliphatic carbocycles. The van der Waals surface area contributed by atoms with E-state index in [1.807, 2.05) is 0 Å². The lowest BCUT2D eigenvalue weighted by molar-refractivity contribution is 0.471. The van der Waals surface area contributed by atoms with Crippen molar-refractivity contribution < 1.29 is 0 Å². The SMILES string of the molecule is CCCCCCCCCCCNC(C)CCCCC. The molecule has 1 nitrogen and oxygen atoms in total. The zero-order chi connectivity index (χ0) is 14.2. The summed E-state index contributed by atoms with van der Waals surface area (Å²) in [6.07, 6.45) is 18.3. The Labute approximate surface area is 122 Å². The van der Waals surface area contributed by atoms with E-state index in [1.54, 1.807) is 0 Å². The summed E-state index contributed by atoms with van der Waals surface area (Å²) < 4.78 is 0. The number of hydrogen-bond donors (Lipinski definition) is 1. The monoisotopic (exact) mass is 269 g/mol. The summed E-state index contributed by atoms with van der Waals surface area (Å²) in [5.41, 5.74) is 0. The topological polar surface area (TPSA) is 12.0 Å². The van der Waals surface area contributed by atoms with Crippen LogP contribution < -0.4 is 5.32 Å². The number of rotatable bonds is 15. The average Bonchev–Trinajstić information content (AvgIpc) is 2.41. The smallest absolute Gasteiger partial charge is 0.00387 e. The molecule has 0 saturated carbocycles. The van der Waals surface area contributed by atoms with Crippen LogP contribution in [0.2, 0.25) is 0 Å². The molecule has 1 N–H and O–H groups in total. The van der Waals surface area contributed by atoms with Gasteiger partial charge in [-0.1, -0.05) is 84.5 Å². The normalized spacial score (nSPS) is 12.8. The van der Waals surface area contributed by atoms with Gasteiger partial charge in [0, 0.05) is 6.04 Å². The van der Waals surface area contributed by atoms with Gasteiger partial charge in [0.1, 0.15) is 0 Å². The van der Waals surface area contributed by atoms with E-state index in [1.165, 1.54) is 90.0 Å². The third kappa shape index (κ3) is 15.9. The molecule has 0 amide bonds. The number of nitrogens with one attached hydrogen (secondary N) is 1. The Balaban J connectivity index is 3.05. The maximum atomic E-state index is 3.66. The van der Waals surface area contributed by atoms with Crippen molar-refractivity contribution in [1.29, 1.82) is 0 Å². The summed E-state index contributed by atoms with van der Waals surface area (Å²) in [5, 5.41) is 3.66. The molecule has 0 rings (SSSR count). The molecule has 0 radical (unpaired) electrons. The highest BCUT2D eigenvalue weighted by molar-refractivity contribution is 4.60. The molecule has 0 bridgehead atoms. The summed E-state index contributed by atoms with van der Waals surface area (Å²) in [7, 11) is 0. The van der Waals surface area contributed by atoms with Crippen molar-refractivity contribution in [2.75, 3.05) is 6.54 Å². The van der Waals surface area contributed by atoms with Crippen molar-refractivity contribution in [2.45, 2.75) is 110 Å². The maximum Gasteiger partial charge on any atom is 0.00387 e. The fourth-order valence-corrected chi connectivity index (χ4v) is 2.59.